The number of hydrogen-bond donors (Lipinski definition) is 1. The van der Waals surface area contributed by atoms with Crippen LogP contribution in [0.25, 0.3) is 0 Å². The van der Waals surface area contributed by atoms with Crippen LogP contribution in [-0.4, -0.2) is 42.1 Å². The van der Waals surface area contributed by atoms with Gasteiger partial charge < -0.3 is 19.5 Å². The number of benzene rings is 1. The van der Waals surface area contributed by atoms with Gasteiger partial charge in [0, 0.05) is 12.8 Å². The second-order valence-corrected chi connectivity index (χ2v) is 5.93. The van der Waals surface area contributed by atoms with Gasteiger partial charge in [0.25, 0.3) is 5.91 Å². The van der Waals surface area contributed by atoms with E-state index in [-0.39, 0.29) is 18.6 Å². The van der Waals surface area contributed by atoms with E-state index in [0.717, 1.165) is 19.4 Å². The molecule has 3 rings (SSSR count). The molecule has 2 aromatic rings. The van der Waals surface area contributed by atoms with Gasteiger partial charge in [-0.05, 0) is 31.4 Å². The lowest BCUT2D eigenvalue weighted by Crippen LogP contribution is -2.24. The molecule has 0 radical (unpaired) electrons. The molecule has 0 bridgehead atoms. The molecule has 1 atom stereocenters. The molecule has 25 heavy (non-hydrogen) atoms. The van der Waals surface area contributed by atoms with Gasteiger partial charge in [-0.3, -0.25) is 9.48 Å². The van der Waals surface area contributed by atoms with Crippen LogP contribution in [0.5, 0.6) is 11.5 Å². The van der Waals surface area contributed by atoms with Gasteiger partial charge in [0.15, 0.2) is 18.1 Å². The molecule has 1 aromatic heterocycles. The molecule has 1 fully saturated rings. The molecule has 7 heteroatoms. The number of aromatic nitrogens is 2. The predicted molar refractivity (Wildman–Crippen MR) is 92.9 cm³/mol. The quantitative estimate of drug-likeness (QED) is 0.834. The van der Waals surface area contributed by atoms with Crippen molar-refractivity contribution in [2.75, 3.05) is 25.6 Å². The number of nitrogens with zero attached hydrogens (tertiary/aromatic N) is 2. The molecule has 1 aliphatic rings. The van der Waals surface area contributed by atoms with E-state index in [9.17, 15) is 4.79 Å². The van der Waals surface area contributed by atoms with Gasteiger partial charge in [0.05, 0.1) is 31.6 Å². The standard InChI is InChI=1S/C18H23N3O4/c1-23-16-7-2-3-8-17(16)25-13-18(22)20-14-10-19-21(11-14)12-15-6-4-5-9-24-15/h2-3,7-8,10-11,15H,4-6,9,12-13H2,1H3,(H,20,22)/t15-/m0/s1. The van der Waals surface area contributed by atoms with Crippen molar-refractivity contribution < 1.29 is 19.0 Å². The molecule has 0 spiro atoms. The minimum absolute atomic E-state index is 0.0999. The van der Waals surface area contributed by atoms with Crippen molar-refractivity contribution in [1.82, 2.24) is 9.78 Å². The smallest absolute Gasteiger partial charge is 0.262 e. The second-order valence-electron chi connectivity index (χ2n) is 5.93. The van der Waals surface area contributed by atoms with Crippen LogP contribution in [0.15, 0.2) is 36.7 Å². The number of rotatable bonds is 7. The summed E-state index contributed by atoms with van der Waals surface area (Å²) in [6.07, 6.45) is 7.00. The van der Waals surface area contributed by atoms with Crippen LogP contribution < -0.4 is 14.8 Å². The average molecular weight is 345 g/mol. The van der Waals surface area contributed by atoms with E-state index in [1.54, 1.807) is 36.3 Å². The zero-order chi connectivity index (χ0) is 17.5. The Hall–Kier alpha value is -2.54. The Kier molecular flexibility index (Phi) is 5.90. The fourth-order valence-corrected chi connectivity index (χ4v) is 2.77. The highest BCUT2D eigenvalue weighted by Gasteiger charge is 2.15. The zero-order valence-electron chi connectivity index (χ0n) is 14.3. The maximum Gasteiger partial charge on any atom is 0.262 e. The first-order valence-electron chi connectivity index (χ1n) is 8.44. The van der Waals surface area contributed by atoms with Crippen molar-refractivity contribution in [1.29, 1.82) is 0 Å². The molecular formula is C18H23N3O4. The van der Waals surface area contributed by atoms with Crippen molar-refractivity contribution in [3.8, 4) is 11.5 Å². The summed E-state index contributed by atoms with van der Waals surface area (Å²) < 4.78 is 18.2. The first-order chi connectivity index (χ1) is 12.2. The number of para-hydroxylation sites is 2. The maximum atomic E-state index is 12.0. The number of ether oxygens (including phenoxy) is 3. The van der Waals surface area contributed by atoms with Crippen LogP contribution in [0.4, 0.5) is 5.69 Å². The van der Waals surface area contributed by atoms with Gasteiger partial charge >= 0.3 is 0 Å². The first-order valence-corrected chi connectivity index (χ1v) is 8.44. The highest BCUT2D eigenvalue weighted by atomic mass is 16.5. The number of hydrogen-bond acceptors (Lipinski definition) is 5. The average Bonchev–Trinajstić information content (AvgIpc) is 3.07. The summed E-state index contributed by atoms with van der Waals surface area (Å²) in [5.74, 6) is 0.875. The van der Waals surface area contributed by atoms with E-state index in [4.69, 9.17) is 14.2 Å². The summed E-state index contributed by atoms with van der Waals surface area (Å²) in [4.78, 5) is 12.0. The van der Waals surface area contributed by atoms with E-state index < -0.39 is 0 Å². The lowest BCUT2D eigenvalue weighted by molar-refractivity contribution is -0.118. The summed E-state index contributed by atoms with van der Waals surface area (Å²) in [7, 11) is 1.56. The summed E-state index contributed by atoms with van der Waals surface area (Å²) in [5, 5.41) is 7.05. The number of anilines is 1. The van der Waals surface area contributed by atoms with Gasteiger partial charge in [0.2, 0.25) is 0 Å². The Balaban J connectivity index is 1.48. The van der Waals surface area contributed by atoms with Crippen LogP contribution in [0.1, 0.15) is 19.3 Å². The SMILES string of the molecule is COc1ccccc1OCC(=O)Nc1cnn(C[C@@H]2CCCCO2)c1. The molecule has 1 aromatic carbocycles. The molecule has 7 nitrogen and oxygen atoms in total. The Bertz CT molecular complexity index is 695. The highest BCUT2D eigenvalue weighted by molar-refractivity contribution is 5.91. The molecule has 1 amide bonds. The molecule has 1 aliphatic heterocycles. The number of carbonyl (C=O) groups is 1. The number of methoxy groups -OCH3 is 1. The third-order valence-electron chi connectivity index (χ3n) is 4.01. The lowest BCUT2D eigenvalue weighted by Gasteiger charge is -2.22. The molecule has 0 unspecified atom stereocenters. The van der Waals surface area contributed by atoms with Gasteiger partial charge in [-0.1, -0.05) is 12.1 Å². The van der Waals surface area contributed by atoms with E-state index in [1.165, 1.54) is 6.42 Å². The summed E-state index contributed by atoms with van der Waals surface area (Å²) in [6, 6.07) is 7.21. The predicted octanol–water partition coefficient (Wildman–Crippen LogP) is 2.48. The Morgan fingerprint density at radius 3 is 2.96 bits per heavy atom. The van der Waals surface area contributed by atoms with E-state index in [2.05, 4.69) is 10.4 Å². The largest absolute Gasteiger partial charge is 0.493 e. The van der Waals surface area contributed by atoms with Crippen molar-refractivity contribution in [3.05, 3.63) is 36.7 Å². The fourth-order valence-electron chi connectivity index (χ4n) is 2.77. The molecule has 1 N–H and O–H groups in total. The fraction of sp³-hybridized carbons (Fsp3) is 0.444. The van der Waals surface area contributed by atoms with Gasteiger partial charge in [-0.15, -0.1) is 0 Å². The maximum absolute atomic E-state index is 12.0. The molecular weight excluding hydrogens is 322 g/mol. The van der Waals surface area contributed by atoms with Crippen LogP contribution in [0.3, 0.4) is 0 Å². The Labute approximate surface area is 146 Å². The highest BCUT2D eigenvalue weighted by Crippen LogP contribution is 2.25. The third kappa shape index (κ3) is 4.96. The van der Waals surface area contributed by atoms with E-state index >= 15 is 0 Å². The topological polar surface area (TPSA) is 74.6 Å². The molecule has 0 aliphatic carbocycles. The minimum Gasteiger partial charge on any atom is -0.493 e. The number of amides is 1. The Morgan fingerprint density at radius 2 is 2.20 bits per heavy atom. The summed E-state index contributed by atoms with van der Waals surface area (Å²) in [6.45, 7) is 1.42. The second kappa shape index (κ2) is 8.53. The third-order valence-corrected chi connectivity index (χ3v) is 4.01. The van der Waals surface area contributed by atoms with Gasteiger partial charge in [-0.2, -0.15) is 5.10 Å². The first kappa shape index (κ1) is 17.3. The zero-order valence-corrected chi connectivity index (χ0v) is 14.3. The van der Waals surface area contributed by atoms with Gasteiger partial charge in [0.1, 0.15) is 0 Å². The molecule has 0 saturated carbocycles. The lowest BCUT2D eigenvalue weighted by atomic mass is 10.1. The van der Waals surface area contributed by atoms with Crippen molar-refractivity contribution in [2.45, 2.75) is 31.9 Å². The van der Waals surface area contributed by atoms with Crippen LogP contribution in [0.2, 0.25) is 0 Å². The van der Waals surface area contributed by atoms with E-state index in [1.807, 2.05) is 12.1 Å². The monoisotopic (exact) mass is 345 g/mol. The van der Waals surface area contributed by atoms with Crippen LogP contribution >= 0.6 is 0 Å². The van der Waals surface area contributed by atoms with Crippen molar-refractivity contribution in [2.24, 2.45) is 0 Å². The summed E-state index contributed by atoms with van der Waals surface area (Å²) in [5.41, 5.74) is 0.643. The normalized spacial score (nSPS) is 17.1. The van der Waals surface area contributed by atoms with E-state index in [0.29, 0.717) is 23.7 Å². The molecule has 2 heterocycles. The molecule has 1 saturated heterocycles. The van der Waals surface area contributed by atoms with Crippen molar-refractivity contribution in [3.63, 3.8) is 0 Å². The molecule has 134 valence electrons. The van der Waals surface area contributed by atoms with Crippen molar-refractivity contribution >= 4 is 11.6 Å². The van der Waals surface area contributed by atoms with Crippen LogP contribution in [0, 0.1) is 0 Å². The number of carbonyl (C=O) groups excluding carboxylic acids is 1. The number of nitrogens with one attached hydrogen (secondary N) is 1. The summed E-state index contributed by atoms with van der Waals surface area (Å²) >= 11 is 0. The minimum atomic E-state index is -0.251. The van der Waals surface area contributed by atoms with Gasteiger partial charge in [-0.25, -0.2) is 0 Å². The van der Waals surface area contributed by atoms with Crippen LogP contribution in [-0.2, 0) is 16.1 Å². The Morgan fingerprint density at radius 1 is 1.36 bits per heavy atom.